The van der Waals surface area contributed by atoms with Gasteiger partial charge in [-0.1, -0.05) is 51.5 Å². The molecule has 1 heteroatoms. The van der Waals surface area contributed by atoms with Crippen molar-refractivity contribution in [3.05, 3.63) is 12.2 Å². The van der Waals surface area contributed by atoms with Crippen LogP contribution in [-0.2, 0) is 0 Å². The zero-order chi connectivity index (χ0) is 14.1. The molecule has 1 nitrogen and oxygen atoms in total. The highest BCUT2D eigenvalue weighted by atomic mass is 14.9. The lowest BCUT2D eigenvalue weighted by atomic mass is 9.76. The van der Waals surface area contributed by atoms with Crippen LogP contribution in [-0.4, -0.2) is 12.6 Å². The van der Waals surface area contributed by atoms with Crippen LogP contribution in [0.5, 0.6) is 0 Å². The van der Waals surface area contributed by atoms with Crippen LogP contribution in [0.4, 0.5) is 0 Å². The molecule has 1 rings (SSSR count). The SMILES string of the molecule is C=C(C)CCC(NCC)C1CCC(CCCC)CC1. The average Bonchev–Trinajstić information content (AvgIpc) is 2.41. The van der Waals surface area contributed by atoms with Crippen molar-refractivity contribution in [2.75, 3.05) is 6.54 Å². The van der Waals surface area contributed by atoms with Gasteiger partial charge in [0.1, 0.15) is 0 Å². The van der Waals surface area contributed by atoms with E-state index in [9.17, 15) is 0 Å². The number of hydrogen-bond acceptors (Lipinski definition) is 1. The van der Waals surface area contributed by atoms with E-state index in [-0.39, 0.29) is 0 Å². The Hall–Kier alpha value is -0.300. The maximum Gasteiger partial charge on any atom is 0.00982 e. The minimum absolute atomic E-state index is 0.730. The van der Waals surface area contributed by atoms with Crippen molar-refractivity contribution in [2.45, 2.75) is 84.6 Å². The van der Waals surface area contributed by atoms with E-state index >= 15 is 0 Å². The first-order valence-electron chi connectivity index (χ1n) is 8.55. The largest absolute Gasteiger partial charge is 0.314 e. The summed E-state index contributed by atoms with van der Waals surface area (Å²) >= 11 is 0. The van der Waals surface area contributed by atoms with E-state index in [1.54, 1.807) is 0 Å². The maximum atomic E-state index is 4.05. The number of unbranched alkanes of at least 4 members (excludes halogenated alkanes) is 1. The third-order valence-corrected chi connectivity index (χ3v) is 4.77. The topological polar surface area (TPSA) is 12.0 Å². The molecule has 0 aromatic rings. The Balaban J connectivity index is 2.34. The van der Waals surface area contributed by atoms with Gasteiger partial charge in [-0.3, -0.25) is 0 Å². The van der Waals surface area contributed by atoms with Crippen molar-refractivity contribution in [1.82, 2.24) is 5.32 Å². The van der Waals surface area contributed by atoms with Gasteiger partial charge in [-0.15, -0.1) is 6.58 Å². The third-order valence-electron chi connectivity index (χ3n) is 4.77. The Bertz CT molecular complexity index is 238. The van der Waals surface area contributed by atoms with E-state index in [1.807, 2.05) is 0 Å². The van der Waals surface area contributed by atoms with E-state index in [1.165, 1.54) is 63.4 Å². The molecule has 0 aromatic heterocycles. The monoisotopic (exact) mass is 265 g/mol. The second-order valence-corrected chi connectivity index (χ2v) is 6.58. The predicted molar refractivity (Wildman–Crippen MR) is 86.5 cm³/mol. The Morgan fingerprint density at radius 2 is 1.89 bits per heavy atom. The molecule has 112 valence electrons. The van der Waals surface area contributed by atoms with Gasteiger partial charge in [0, 0.05) is 6.04 Å². The number of hydrogen-bond donors (Lipinski definition) is 1. The Morgan fingerprint density at radius 3 is 2.42 bits per heavy atom. The van der Waals surface area contributed by atoms with E-state index < -0.39 is 0 Å². The second kappa shape index (κ2) is 9.58. The molecule has 0 aliphatic heterocycles. The molecule has 0 heterocycles. The molecule has 0 aromatic carbocycles. The molecule has 0 saturated heterocycles. The molecule has 1 aliphatic carbocycles. The first-order chi connectivity index (χ1) is 9.17. The van der Waals surface area contributed by atoms with Crippen LogP contribution in [0.15, 0.2) is 12.2 Å². The lowest BCUT2D eigenvalue weighted by Gasteiger charge is -2.34. The van der Waals surface area contributed by atoms with Gasteiger partial charge in [-0.05, 0) is 51.0 Å². The van der Waals surface area contributed by atoms with E-state index in [4.69, 9.17) is 0 Å². The molecule has 1 atom stereocenters. The normalized spacial score (nSPS) is 25.2. The van der Waals surface area contributed by atoms with Gasteiger partial charge >= 0.3 is 0 Å². The quantitative estimate of drug-likeness (QED) is 0.556. The molecule has 0 radical (unpaired) electrons. The van der Waals surface area contributed by atoms with Gasteiger partial charge in [-0.25, -0.2) is 0 Å². The highest BCUT2D eigenvalue weighted by Gasteiger charge is 2.26. The molecular weight excluding hydrogens is 230 g/mol. The lowest BCUT2D eigenvalue weighted by Crippen LogP contribution is -2.38. The highest BCUT2D eigenvalue weighted by molar-refractivity contribution is 4.91. The van der Waals surface area contributed by atoms with Crippen molar-refractivity contribution in [1.29, 1.82) is 0 Å². The zero-order valence-electron chi connectivity index (χ0n) is 13.5. The molecule has 0 bridgehead atoms. The molecule has 1 fully saturated rings. The standard InChI is InChI=1S/C18H35N/c1-5-7-8-16-10-12-17(13-11-16)18(19-6-2)14-9-15(3)4/h16-19H,3,5-14H2,1-2,4H3. The molecule has 1 aliphatic rings. The van der Waals surface area contributed by atoms with Crippen LogP contribution < -0.4 is 5.32 Å². The molecular formula is C18H35N. The highest BCUT2D eigenvalue weighted by Crippen LogP contribution is 2.34. The molecule has 1 unspecified atom stereocenters. The summed E-state index contributed by atoms with van der Waals surface area (Å²) in [7, 11) is 0. The van der Waals surface area contributed by atoms with Gasteiger partial charge < -0.3 is 5.32 Å². The second-order valence-electron chi connectivity index (χ2n) is 6.58. The van der Waals surface area contributed by atoms with Crippen LogP contribution in [0.1, 0.15) is 78.6 Å². The van der Waals surface area contributed by atoms with Crippen molar-refractivity contribution in [3.63, 3.8) is 0 Å². The van der Waals surface area contributed by atoms with E-state index in [0.29, 0.717) is 0 Å². The van der Waals surface area contributed by atoms with Crippen molar-refractivity contribution >= 4 is 0 Å². The summed E-state index contributed by atoms with van der Waals surface area (Å²) in [5, 5.41) is 3.72. The minimum atomic E-state index is 0.730. The van der Waals surface area contributed by atoms with Crippen LogP contribution in [0.25, 0.3) is 0 Å². The van der Waals surface area contributed by atoms with E-state index in [2.05, 4.69) is 32.7 Å². The smallest absolute Gasteiger partial charge is 0.00982 e. The molecule has 0 spiro atoms. The summed E-state index contributed by atoms with van der Waals surface area (Å²) in [4.78, 5) is 0. The summed E-state index contributed by atoms with van der Waals surface area (Å²) in [5.41, 5.74) is 1.33. The Kier molecular flexibility index (Phi) is 8.45. The Morgan fingerprint density at radius 1 is 1.21 bits per heavy atom. The number of rotatable bonds is 9. The fraction of sp³-hybridized carbons (Fsp3) is 0.889. The van der Waals surface area contributed by atoms with Gasteiger partial charge in [0.15, 0.2) is 0 Å². The van der Waals surface area contributed by atoms with Crippen molar-refractivity contribution in [3.8, 4) is 0 Å². The molecule has 1 N–H and O–H groups in total. The maximum absolute atomic E-state index is 4.05. The van der Waals surface area contributed by atoms with Crippen molar-refractivity contribution < 1.29 is 0 Å². The zero-order valence-corrected chi connectivity index (χ0v) is 13.5. The lowest BCUT2D eigenvalue weighted by molar-refractivity contribution is 0.207. The number of allylic oxidation sites excluding steroid dienone is 1. The fourth-order valence-corrected chi connectivity index (χ4v) is 3.54. The van der Waals surface area contributed by atoms with E-state index in [0.717, 1.165) is 24.4 Å². The summed E-state index contributed by atoms with van der Waals surface area (Å²) in [6, 6.07) is 0.730. The van der Waals surface area contributed by atoms with Gasteiger partial charge in [0.2, 0.25) is 0 Å². The van der Waals surface area contributed by atoms with Crippen LogP contribution in [0.2, 0.25) is 0 Å². The average molecular weight is 265 g/mol. The first-order valence-corrected chi connectivity index (χ1v) is 8.55. The predicted octanol–water partition coefficient (Wildman–Crippen LogP) is 5.32. The molecule has 1 saturated carbocycles. The van der Waals surface area contributed by atoms with Gasteiger partial charge in [0.05, 0.1) is 0 Å². The van der Waals surface area contributed by atoms with Gasteiger partial charge in [0.25, 0.3) is 0 Å². The third kappa shape index (κ3) is 6.61. The summed E-state index contributed by atoms with van der Waals surface area (Å²) in [6.07, 6.45) is 12.6. The molecule has 0 amide bonds. The van der Waals surface area contributed by atoms with Crippen LogP contribution in [0.3, 0.4) is 0 Å². The summed E-state index contributed by atoms with van der Waals surface area (Å²) in [5.74, 6) is 1.94. The molecule has 19 heavy (non-hydrogen) atoms. The van der Waals surface area contributed by atoms with Crippen molar-refractivity contribution in [2.24, 2.45) is 11.8 Å². The summed E-state index contributed by atoms with van der Waals surface area (Å²) < 4.78 is 0. The Labute approximate surface area is 121 Å². The minimum Gasteiger partial charge on any atom is -0.314 e. The summed E-state index contributed by atoms with van der Waals surface area (Å²) in [6.45, 7) is 11.9. The van der Waals surface area contributed by atoms with Crippen LogP contribution in [0, 0.1) is 11.8 Å². The first kappa shape index (κ1) is 16.8. The van der Waals surface area contributed by atoms with Crippen LogP contribution >= 0.6 is 0 Å². The number of nitrogens with one attached hydrogen (secondary N) is 1. The van der Waals surface area contributed by atoms with Gasteiger partial charge in [-0.2, -0.15) is 0 Å². The fourth-order valence-electron chi connectivity index (χ4n) is 3.54.